The number of hydrogen-bond acceptors (Lipinski definition) is 1. The fraction of sp³-hybridized carbons (Fsp3) is 0.625. The first-order valence-corrected chi connectivity index (χ1v) is 7.40. The van der Waals surface area contributed by atoms with Gasteiger partial charge in [0.05, 0.1) is 6.10 Å². The Hall–Kier alpha value is -0.600. The highest BCUT2D eigenvalue weighted by atomic mass is 35.5. The molecule has 2 rings (SSSR count). The highest BCUT2D eigenvalue weighted by Gasteiger charge is 2.36. The zero-order chi connectivity index (χ0) is 14.0. The minimum Gasteiger partial charge on any atom is -0.392 e. The van der Waals surface area contributed by atoms with E-state index in [1.54, 1.807) is 6.07 Å². The number of aliphatic hydroxyl groups excluding tert-OH is 1. The van der Waals surface area contributed by atoms with Gasteiger partial charge in [0.1, 0.15) is 5.82 Å². The fourth-order valence-corrected chi connectivity index (χ4v) is 3.53. The monoisotopic (exact) mass is 284 g/mol. The Balaban J connectivity index is 2.09. The predicted octanol–water partition coefficient (Wildman–Crippen LogP) is 4.60. The zero-order valence-corrected chi connectivity index (χ0v) is 12.4. The van der Waals surface area contributed by atoms with Crippen molar-refractivity contribution in [1.82, 2.24) is 0 Å². The standard InChI is InChI=1S/C16H22ClFO/c1-16(2)8-4-3-5-13(16)15(19)9-11-6-7-12(18)10-14(11)17/h6-7,10,13,15,19H,3-5,8-9H2,1-2H3. The Morgan fingerprint density at radius 2 is 2.16 bits per heavy atom. The van der Waals surface area contributed by atoms with Crippen molar-refractivity contribution in [2.75, 3.05) is 0 Å². The van der Waals surface area contributed by atoms with Gasteiger partial charge in [-0.05, 0) is 41.9 Å². The Labute approximate surface area is 119 Å². The van der Waals surface area contributed by atoms with Gasteiger partial charge in [-0.15, -0.1) is 0 Å². The number of benzene rings is 1. The summed E-state index contributed by atoms with van der Waals surface area (Å²) in [6, 6.07) is 4.40. The molecule has 0 aromatic heterocycles. The third-order valence-electron chi connectivity index (χ3n) is 4.50. The first kappa shape index (κ1) is 14.8. The molecule has 0 bridgehead atoms. The van der Waals surface area contributed by atoms with Crippen molar-refractivity contribution in [2.45, 2.75) is 52.1 Å². The summed E-state index contributed by atoms with van der Waals surface area (Å²) in [7, 11) is 0. The zero-order valence-electron chi connectivity index (χ0n) is 11.6. The summed E-state index contributed by atoms with van der Waals surface area (Å²) in [4.78, 5) is 0. The first-order chi connectivity index (χ1) is 8.90. The van der Waals surface area contributed by atoms with Gasteiger partial charge in [-0.2, -0.15) is 0 Å². The molecule has 0 spiro atoms. The third kappa shape index (κ3) is 3.49. The van der Waals surface area contributed by atoms with E-state index in [1.807, 2.05) is 0 Å². The van der Waals surface area contributed by atoms with E-state index in [1.165, 1.54) is 25.0 Å². The van der Waals surface area contributed by atoms with Crippen molar-refractivity contribution < 1.29 is 9.50 Å². The fourth-order valence-electron chi connectivity index (χ4n) is 3.29. The molecule has 0 radical (unpaired) electrons. The summed E-state index contributed by atoms with van der Waals surface area (Å²) < 4.78 is 13.0. The topological polar surface area (TPSA) is 20.2 Å². The molecule has 1 fully saturated rings. The highest BCUT2D eigenvalue weighted by Crippen LogP contribution is 2.43. The molecule has 1 aromatic carbocycles. The Morgan fingerprint density at radius 3 is 2.79 bits per heavy atom. The molecule has 0 aliphatic heterocycles. The van der Waals surface area contributed by atoms with Gasteiger partial charge in [-0.3, -0.25) is 0 Å². The van der Waals surface area contributed by atoms with E-state index in [2.05, 4.69) is 13.8 Å². The van der Waals surface area contributed by atoms with Crippen LogP contribution in [-0.2, 0) is 6.42 Å². The van der Waals surface area contributed by atoms with Crippen molar-refractivity contribution in [3.8, 4) is 0 Å². The number of aliphatic hydroxyl groups is 1. The van der Waals surface area contributed by atoms with Gasteiger partial charge in [-0.1, -0.05) is 44.4 Å². The maximum atomic E-state index is 13.0. The summed E-state index contributed by atoms with van der Waals surface area (Å²) in [5, 5.41) is 10.9. The normalized spacial score (nSPS) is 24.2. The Kier molecular flexibility index (Phi) is 4.52. The average molecular weight is 285 g/mol. The van der Waals surface area contributed by atoms with Crippen LogP contribution in [0.25, 0.3) is 0 Å². The van der Waals surface area contributed by atoms with Gasteiger partial charge >= 0.3 is 0 Å². The van der Waals surface area contributed by atoms with Gasteiger partial charge in [0.25, 0.3) is 0 Å². The quantitative estimate of drug-likeness (QED) is 0.860. The van der Waals surface area contributed by atoms with Gasteiger partial charge in [0.2, 0.25) is 0 Å². The minimum atomic E-state index is -0.404. The maximum absolute atomic E-state index is 13.0. The molecule has 1 saturated carbocycles. The van der Waals surface area contributed by atoms with Crippen LogP contribution in [0, 0.1) is 17.2 Å². The van der Waals surface area contributed by atoms with E-state index in [0.717, 1.165) is 18.4 Å². The molecule has 1 aliphatic rings. The minimum absolute atomic E-state index is 0.171. The summed E-state index contributed by atoms with van der Waals surface area (Å²) in [6.07, 6.45) is 4.75. The van der Waals surface area contributed by atoms with Crippen molar-refractivity contribution >= 4 is 11.6 Å². The van der Waals surface area contributed by atoms with Crippen molar-refractivity contribution in [1.29, 1.82) is 0 Å². The molecule has 19 heavy (non-hydrogen) atoms. The van der Waals surface area contributed by atoms with Crippen LogP contribution in [0.1, 0.15) is 45.1 Å². The summed E-state index contributed by atoms with van der Waals surface area (Å²) in [5.41, 5.74) is 1.00. The van der Waals surface area contributed by atoms with E-state index in [-0.39, 0.29) is 11.2 Å². The molecule has 106 valence electrons. The summed E-state index contributed by atoms with van der Waals surface area (Å²) >= 11 is 6.03. The molecule has 0 heterocycles. The molecule has 1 N–H and O–H groups in total. The van der Waals surface area contributed by atoms with Crippen molar-refractivity contribution in [3.63, 3.8) is 0 Å². The number of hydrogen-bond donors (Lipinski definition) is 1. The number of halogens is 2. The van der Waals surface area contributed by atoms with Crippen LogP contribution in [0.3, 0.4) is 0 Å². The van der Waals surface area contributed by atoms with Crippen LogP contribution in [0.5, 0.6) is 0 Å². The second-order valence-electron chi connectivity index (χ2n) is 6.35. The highest BCUT2D eigenvalue weighted by molar-refractivity contribution is 6.31. The van der Waals surface area contributed by atoms with Crippen molar-refractivity contribution in [2.24, 2.45) is 11.3 Å². The Bertz CT molecular complexity index is 444. The lowest BCUT2D eigenvalue weighted by Crippen LogP contribution is -2.37. The smallest absolute Gasteiger partial charge is 0.124 e. The third-order valence-corrected chi connectivity index (χ3v) is 4.85. The van der Waals surface area contributed by atoms with Gasteiger partial charge in [-0.25, -0.2) is 4.39 Å². The molecule has 0 amide bonds. The molecule has 1 aliphatic carbocycles. The first-order valence-electron chi connectivity index (χ1n) is 7.02. The van der Waals surface area contributed by atoms with Crippen LogP contribution < -0.4 is 0 Å². The average Bonchev–Trinajstić information content (AvgIpc) is 2.32. The van der Waals surface area contributed by atoms with E-state index in [9.17, 15) is 9.50 Å². The lowest BCUT2D eigenvalue weighted by Gasteiger charge is -2.41. The van der Waals surface area contributed by atoms with Gasteiger partial charge < -0.3 is 5.11 Å². The second-order valence-corrected chi connectivity index (χ2v) is 6.76. The predicted molar refractivity (Wildman–Crippen MR) is 76.9 cm³/mol. The Morgan fingerprint density at radius 1 is 1.42 bits per heavy atom. The van der Waals surface area contributed by atoms with E-state index in [4.69, 9.17) is 11.6 Å². The lowest BCUT2D eigenvalue weighted by atomic mass is 9.66. The van der Waals surface area contributed by atoms with Crippen LogP contribution >= 0.6 is 11.6 Å². The van der Waals surface area contributed by atoms with Crippen LogP contribution in [0.15, 0.2) is 18.2 Å². The van der Waals surface area contributed by atoms with Gasteiger partial charge in [0.15, 0.2) is 0 Å². The van der Waals surface area contributed by atoms with E-state index >= 15 is 0 Å². The van der Waals surface area contributed by atoms with Gasteiger partial charge in [0, 0.05) is 11.4 Å². The molecular formula is C16H22ClFO. The SMILES string of the molecule is CC1(C)CCCCC1C(O)Cc1ccc(F)cc1Cl. The molecule has 3 heteroatoms. The molecule has 1 aromatic rings. The molecule has 1 nitrogen and oxygen atoms in total. The van der Waals surface area contributed by atoms with Crippen LogP contribution in [-0.4, -0.2) is 11.2 Å². The van der Waals surface area contributed by atoms with Crippen molar-refractivity contribution in [3.05, 3.63) is 34.6 Å². The lowest BCUT2D eigenvalue weighted by molar-refractivity contribution is 0.00580. The van der Waals surface area contributed by atoms with Crippen LogP contribution in [0.4, 0.5) is 4.39 Å². The molecular weight excluding hydrogens is 263 g/mol. The number of rotatable bonds is 3. The molecule has 0 saturated heterocycles. The molecule has 2 unspecified atom stereocenters. The maximum Gasteiger partial charge on any atom is 0.124 e. The van der Waals surface area contributed by atoms with E-state index in [0.29, 0.717) is 17.4 Å². The summed E-state index contributed by atoms with van der Waals surface area (Å²) in [6.45, 7) is 4.46. The largest absolute Gasteiger partial charge is 0.392 e. The summed E-state index contributed by atoms with van der Waals surface area (Å²) in [5.74, 6) is -0.0383. The van der Waals surface area contributed by atoms with E-state index < -0.39 is 6.10 Å². The molecule has 2 atom stereocenters. The van der Waals surface area contributed by atoms with Crippen LogP contribution in [0.2, 0.25) is 5.02 Å². The second kappa shape index (κ2) is 5.80.